The number of aryl methyl sites for hydroxylation is 1. The van der Waals surface area contributed by atoms with Crippen molar-refractivity contribution in [3.05, 3.63) is 118 Å². The van der Waals surface area contributed by atoms with Crippen molar-refractivity contribution in [1.82, 2.24) is 14.1 Å². The van der Waals surface area contributed by atoms with E-state index in [1.165, 1.54) is 24.3 Å². The number of amides is 1. The van der Waals surface area contributed by atoms with E-state index >= 15 is 4.39 Å². The smallest absolute Gasteiger partial charge is 0.249 e. The highest BCUT2D eigenvalue weighted by molar-refractivity contribution is 6.31. The first-order valence-electron chi connectivity index (χ1n) is 12.2. The summed E-state index contributed by atoms with van der Waals surface area (Å²) in [4.78, 5) is 17.5. The first-order valence-corrected chi connectivity index (χ1v) is 13.0. The van der Waals surface area contributed by atoms with Gasteiger partial charge in [0.1, 0.15) is 11.6 Å². The lowest BCUT2D eigenvalue weighted by molar-refractivity contribution is 0.100. The van der Waals surface area contributed by atoms with Crippen LogP contribution in [0.4, 0.5) is 8.78 Å². The molecule has 0 aliphatic rings. The summed E-state index contributed by atoms with van der Waals surface area (Å²) >= 11 is 12.5. The van der Waals surface area contributed by atoms with E-state index in [0.717, 1.165) is 10.9 Å². The van der Waals surface area contributed by atoms with Gasteiger partial charge in [0, 0.05) is 41.0 Å². The first-order chi connectivity index (χ1) is 19.2. The molecule has 0 radical (unpaired) electrons. The first kappa shape index (κ1) is 25.8. The summed E-state index contributed by atoms with van der Waals surface area (Å²) in [7, 11) is 1.93. The molecule has 9 heteroatoms. The molecule has 1 amide bonds. The zero-order valence-electron chi connectivity index (χ0n) is 21.0. The summed E-state index contributed by atoms with van der Waals surface area (Å²) in [5.41, 5.74) is 9.25. The fraction of sp³-hybridized carbons (Fsp3) is 0.0323. The number of hydrogen-bond acceptors (Lipinski definition) is 2. The van der Waals surface area contributed by atoms with E-state index in [9.17, 15) is 9.18 Å². The van der Waals surface area contributed by atoms with E-state index in [2.05, 4.69) is 0 Å². The molecule has 6 rings (SSSR count). The second-order valence-electron chi connectivity index (χ2n) is 9.28. The average molecular weight is 573 g/mol. The molecule has 2 heterocycles. The minimum Gasteiger partial charge on any atom is -0.366 e. The molecule has 6 aromatic rings. The van der Waals surface area contributed by atoms with E-state index in [0.29, 0.717) is 33.9 Å². The van der Waals surface area contributed by atoms with Crippen LogP contribution in [0.5, 0.6) is 0 Å². The predicted octanol–water partition coefficient (Wildman–Crippen LogP) is 8.05. The van der Waals surface area contributed by atoms with Gasteiger partial charge in [-0.1, -0.05) is 59.6 Å². The monoisotopic (exact) mass is 572 g/mol. The topological polar surface area (TPSA) is 65.8 Å². The summed E-state index contributed by atoms with van der Waals surface area (Å²) in [6.45, 7) is 0. The van der Waals surface area contributed by atoms with Crippen LogP contribution in [0.2, 0.25) is 10.0 Å². The number of fused-ring (bicyclic) bond motifs is 1. The molecule has 2 aromatic heterocycles. The number of aromatic nitrogens is 3. The summed E-state index contributed by atoms with van der Waals surface area (Å²) < 4.78 is 33.6. The summed E-state index contributed by atoms with van der Waals surface area (Å²) in [6, 6.07) is 23.3. The van der Waals surface area contributed by atoms with Gasteiger partial charge in [0.15, 0.2) is 5.82 Å². The number of carbonyl (C=O) groups is 1. The molecule has 0 aliphatic carbocycles. The Labute approximate surface area is 238 Å². The highest BCUT2D eigenvalue weighted by atomic mass is 35.5. The second-order valence-corrected chi connectivity index (χ2v) is 10.1. The molecule has 0 aliphatic heterocycles. The number of benzene rings is 4. The van der Waals surface area contributed by atoms with Crippen molar-refractivity contribution in [2.75, 3.05) is 0 Å². The molecule has 0 saturated heterocycles. The quantitative estimate of drug-likeness (QED) is 0.227. The Hall–Kier alpha value is -4.46. The van der Waals surface area contributed by atoms with Crippen molar-refractivity contribution in [3.63, 3.8) is 0 Å². The Morgan fingerprint density at radius 3 is 2.42 bits per heavy atom. The maximum atomic E-state index is 15.8. The summed E-state index contributed by atoms with van der Waals surface area (Å²) in [5.74, 6) is -1.58. The Morgan fingerprint density at radius 1 is 0.875 bits per heavy atom. The maximum Gasteiger partial charge on any atom is 0.249 e. The molecule has 40 heavy (non-hydrogen) atoms. The molecule has 0 spiro atoms. The normalized spacial score (nSPS) is 11.3. The molecule has 2 N–H and O–H groups in total. The van der Waals surface area contributed by atoms with Crippen molar-refractivity contribution < 1.29 is 13.6 Å². The van der Waals surface area contributed by atoms with Crippen LogP contribution in [0.3, 0.4) is 0 Å². The molecule has 4 aromatic carbocycles. The van der Waals surface area contributed by atoms with E-state index in [1.807, 2.05) is 42.1 Å². The second kappa shape index (κ2) is 9.93. The minimum atomic E-state index is -0.674. The van der Waals surface area contributed by atoms with E-state index in [4.69, 9.17) is 33.9 Å². The molecule has 0 bridgehead atoms. The third kappa shape index (κ3) is 4.24. The van der Waals surface area contributed by atoms with Gasteiger partial charge in [-0.3, -0.25) is 9.36 Å². The lowest BCUT2D eigenvalue weighted by atomic mass is 9.99. The van der Waals surface area contributed by atoms with Crippen LogP contribution in [0.1, 0.15) is 10.4 Å². The number of rotatable bonds is 5. The zero-order chi connectivity index (χ0) is 28.1. The van der Waals surface area contributed by atoms with Crippen molar-refractivity contribution in [1.29, 1.82) is 0 Å². The van der Waals surface area contributed by atoms with Crippen LogP contribution in [0, 0.1) is 11.6 Å². The van der Waals surface area contributed by atoms with Gasteiger partial charge in [-0.05, 0) is 53.9 Å². The standard InChI is InChI=1S/C31H20Cl2F2N4O/c1-38-14-13-17-9-10-19(16-26(17)38)31-37-28(20-5-2-3-6-21(20)30(36)40)29(18-11-12-24(34)23(33)15-18)39(31)25-8-4-7-22(32)27(25)35/h2-16H,1H3,(H2,36,40). The SMILES string of the molecule is Cn1ccc2ccc(-c3nc(-c4ccccc4C(N)=O)c(-c4ccc(F)c(Cl)c4)n3-c3cccc(Cl)c3F)cc21. The van der Waals surface area contributed by atoms with Crippen molar-refractivity contribution >= 4 is 40.0 Å². The van der Waals surface area contributed by atoms with Crippen LogP contribution in [0.15, 0.2) is 91.1 Å². The van der Waals surface area contributed by atoms with Crippen LogP contribution < -0.4 is 5.73 Å². The molecule has 0 saturated carbocycles. The Balaban J connectivity index is 1.79. The Kier molecular flexibility index (Phi) is 6.41. The molecule has 198 valence electrons. The number of halogens is 4. The van der Waals surface area contributed by atoms with Crippen LogP contribution in [0.25, 0.3) is 50.5 Å². The van der Waals surface area contributed by atoms with Gasteiger partial charge in [-0.25, -0.2) is 13.8 Å². The summed E-state index contributed by atoms with van der Waals surface area (Å²) in [5, 5.41) is 0.804. The highest BCUT2D eigenvalue weighted by Crippen LogP contribution is 2.42. The Bertz CT molecular complexity index is 1960. The van der Waals surface area contributed by atoms with Crippen LogP contribution >= 0.6 is 23.2 Å². The van der Waals surface area contributed by atoms with Gasteiger partial charge in [0.25, 0.3) is 0 Å². The highest BCUT2D eigenvalue weighted by Gasteiger charge is 2.27. The molecule has 0 unspecified atom stereocenters. The van der Waals surface area contributed by atoms with Gasteiger partial charge in [-0.15, -0.1) is 0 Å². The molecule has 0 fully saturated rings. The van der Waals surface area contributed by atoms with Gasteiger partial charge in [0.05, 0.1) is 27.1 Å². The van der Waals surface area contributed by atoms with Gasteiger partial charge in [-0.2, -0.15) is 0 Å². The van der Waals surface area contributed by atoms with Crippen LogP contribution in [-0.2, 0) is 7.05 Å². The number of imidazole rings is 1. The Morgan fingerprint density at radius 2 is 1.65 bits per heavy atom. The zero-order valence-corrected chi connectivity index (χ0v) is 22.5. The number of hydrogen-bond donors (Lipinski definition) is 1. The fourth-order valence-electron chi connectivity index (χ4n) is 4.92. The van der Waals surface area contributed by atoms with Crippen molar-refractivity contribution in [3.8, 4) is 39.6 Å². The van der Waals surface area contributed by atoms with E-state index in [1.54, 1.807) is 41.0 Å². The molecule has 0 atom stereocenters. The largest absolute Gasteiger partial charge is 0.366 e. The lowest BCUT2D eigenvalue weighted by Crippen LogP contribution is -2.12. The minimum absolute atomic E-state index is 0.0859. The predicted molar refractivity (Wildman–Crippen MR) is 155 cm³/mol. The molecular formula is C31H20Cl2F2N4O. The maximum absolute atomic E-state index is 15.8. The average Bonchev–Trinajstić information content (AvgIpc) is 3.52. The lowest BCUT2D eigenvalue weighted by Gasteiger charge is -2.16. The van der Waals surface area contributed by atoms with Crippen molar-refractivity contribution in [2.45, 2.75) is 0 Å². The fourth-order valence-corrected chi connectivity index (χ4v) is 5.27. The molecule has 5 nitrogen and oxygen atoms in total. The number of carbonyl (C=O) groups excluding carboxylic acids is 1. The number of nitrogens with two attached hydrogens (primary N) is 1. The third-order valence-electron chi connectivity index (χ3n) is 6.84. The van der Waals surface area contributed by atoms with Gasteiger partial charge >= 0.3 is 0 Å². The van der Waals surface area contributed by atoms with E-state index < -0.39 is 17.5 Å². The van der Waals surface area contributed by atoms with Gasteiger partial charge in [0.2, 0.25) is 5.91 Å². The third-order valence-corrected chi connectivity index (χ3v) is 7.42. The van der Waals surface area contributed by atoms with E-state index in [-0.39, 0.29) is 21.3 Å². The number of primary amides is 1. The summed E-state index contributed by atoms with van der Waals surface area (Å²) in [6.07, 6.45) is 1.94. The van der Waals surface area contributed by atoms with Crippen LogP contribution in [-0.4, -0.2) is 20.0 Å². The number of nitrogens with zero attached hydrogens (tertiary/aromatic N) is 3. The van der Waals surface area contributed by atoms with Crippen molar-refractivity contribution in [2.24, 2.45) is 12.8 Å². The van der Waals surface area contributed by atoms with Gasteiger partial charge < -0.3 is 10.3 Å². The molecular weight excluding hydrogens is 553 g/mol.